The second-order valence-corrected chi connectivity index (χ2v) is 6.30. The first kappa shape index (κ1) is 16.8. The van der Waals surface area contributed by atoms with Crippen molar-refractivity contribution in [3.63, 3.8) is 0 Å². The van der Waals surface area contributed by atoms with Crippen LogP contribution in [0.25, 0.3) is 0 Å². The number of aryl methyl sites for hydroxylation is 1. The summed E-state index contributed by atoms with van der Waals surface area (Å²) in [4.78, 5) is 14.3. The van der Waals surface area contributed by atoms with Crippen LogP contribution in [0, 0.1) is 11.7 Å². The predicted molar refractivity (Wildman–Crippen MR) is 85.5 cm³/mol. The fourth-order valence-corrected chi connectivity index (χ4v) is 3.35. The van der Waals surface area contributed by atoms with Crippen molar-refractivity contribution in [2.45, 2.75) is 51.5 Å². The Morgan fingerprint density at radius 3 is 2.73 bits per heavy atom. The molecule has 2 unspecified atom stereocenters. The Morgan fingerprint density at radius 2 is 2.09 bits per heavy atom. The van der Waals surface area contributed by atoms with E-state index in [1.807, 2.05) is 18.0 Å². The molecule has 0 heterocycles. The molecule has 122 valence electrons. The number of amides is 1. The number of halogens is 1. The molecule has 0 saturated heterocycles. The number of hydrogen-bond acceptors (Lipinski definition) is 2. The minimum absolute atomic E-state index is 0.148. The monoisotopic (exact) mass is 307 g/mol. The van der Waals surface area contributed by atoms with Gasteiger partial charge in [-0.25, -0.2) is 4.39 Å². The average molecular weight is 307 g/mol. The summed E-state index contributed by atoms with van der Waals surface area (Å²) in [6.07, 6.45) is 5.75. The van der Waals surface area contributed by atoms with Crippen molar-refractivity contribution in [2.75, 3.05) is 14.2 Å². The number of rotatable bonds is 5. The summed E-state index contributed by atoms with van der Waals surface area (Å²) in [6, 6.07) is 5.24. The second-order valence-electron chi connectivity index (χ2n) is 6.30. The number of carbonyl (C=O) groups is 1. The van der Waals surface area contributed by atoms with Crippen LogP contribution in [0.15, 0.2) is 18.2 Å². The molecule has 1 aliphatic rings. The highest BCUT2D eigenvalue weighted by Crippen LogP contribution is 2.28. The lowest BCUT2D eigenvalue weighted by atomic mass is 9.85. The van der Waals surface area contributed by atoms with E-state index in [-0.39, 0.29) is 17.5 Å². The Morgan fingerprint density at radius 1 is 1.36 bits per heavy atom. The molecule has 1 aromatic rings. The molecule has 4 heteroatoms. The molecule has 0 radical (unpaired) electrons. The molecule has 22 heavy (non-hydrogen) atoms. The third-order valence-electron chi connectivity index (χ3n) is 4.80. The number of ether oxygens (including phenoxy) is 1. The van der Waals surface area contributed by atoms with Gasteiger partial charge in [0.05, 0.1) is 7.11 Å². The van der Waals surface area contributed by atoms with Gasteiger partial charge >= 0.3 is 0 Å². The van der Waals surface area contributed by atoms with Crippen LogP contribution < -0.4 is 4.74 Å². The zero-order valence-corrected chi connectivity index (χ0v) is 13.8. The standard InChI is InChI=1S/C18H26FNO2/c1-13-6-4-5-7-16(13)20(2)18(21)11-9-14-8-10-17(22-3)15(19)12-14/h8,10,12-13,16H,4-7,9,11H2,1-3H3. The summed E-state index contributed by atoms with van der Waals surface area (Å²) < 4.78 is 18.6. The van der Waals surface area contributed by atoms with E-state index >= 15 is 0 Å². The number of benzene rings is 1. The zero-order valence-electron chi connectivity index (χ0n) is 13.8. The third-order valence-corrected chi connectivity index (χ3v) is 4.80. The van der Waals surface area contributed by atoms with E-state index in [9.17, 15) is 9.18 Å². The highest BCUT2D eigenvalue weighted by Gasteiger charge is 2.27. The predicted octanol–water partition coefficient (Wildman–Crippen LogP) is 3.80. The van der Waals surface area contributed by atoms with E-state index in [1.54, 1.807) is 6.07 Å². The van der Waals surface area contributed by atoms with Crippen molar-refractivity contribution in [3.05, 3.63) is 29.6 Å². The van der Waals surface area contributed by atoms with Crippen LogP contribution >= 0.6 is 0 Å². The Hall–Kier alpha value is -1.58. The molecule has 1 fully saturated rings. The quantitative estimate of drug-likeness (QED) is 0.828. The van der Waals surface area contributed by atoms with E-state index in [2.05, 4.69) is 6.92 Å². The van der Waals surface area contributed by atoms with Crippen LogP contribution in [0.4, 0.5) is 4.39 Å². The molecule has 1 saturated carbocycles. The molecule has 2 atom stereocenters. The Balaban J connectivity index is 1.90. The van der Waals surface area contributed by atoms with Gasteiger partial charge in [0.15, 0.2) is 11.6 Å². The van der Waals surface area contributed by atoms with Crippen LogP contribution in [0.5, 0.6) is 5.75 Å². The van der Waals surface area contributed by atoms with E-state index < -0.39 is 0 Å². The van der Waals surface area contributed by atoms with Crippen molar-refractivity contribution in [2.24, 2.45) is 5.92 Å². The lowest BCUT2D eigenvalue weighted by Gasteiger charge is -2.36. The summed E-state index contributed by atoms with van der Waals surface area (Å²) in [5.74, 6) is 0.584. The molecule has 2 rings (SSSR count). The van der Waals surface area contributed by atoms with E-state index in [0.717, 1.165) is 12.0 Å². The molecule has 1 amide bonds. The Labute approximate surface area is 132 Å². The lowest BCUT2D eigenvalue weighted by Crippen LogP contribution is -2.42. The first-order chi connectivity index (χ1) is 10.5. The SMILES string of the molecule is COc1ccc(CCC(=O)N(C)C2CCCCC2C)cc1F. The number of carbonyl (C=O) groups excluding carboxylic acids is 1. The molecule has 0 bridgehead atoms. The van der Waals surface area contributed by atoms with Gasteiger partial charge in [-0.1, -0.05) is 25.8 Å². The summed E-state index contributed by atoms with van der Waals surface area (Å²) >= 11 is 0. The normalized spacial score (nSPS) is 21.5. The Bertz CT molecular complexity index is 518. The summed E-state index contributed by atoms with van der Waals surface area (Å²) in [7, 11) is 3.35. The molecule has 0 spiro atoms. The Kier molecular flexibility index (Phi) is 5.81. The van der Waals surface area contributed by atoms with Crippen molar-refractivity contribution in [3.8, 4) is 5.75 Å². The molecule has 0 aliphatic heterocycles. The fraction of sp³-hybridized carbons (Fsp3) is 0.611. The van der Waals surface area contributed by atoms with Gasteiger partial charge in [0.2, 0.25) is 5.91 Å². The van der Waals surface area contributed by atoms with Crippen molar-refractivity contribution in [1.29, 1.82) is 0 Å². The van der Waals surface area contributed by atoms with Crippen LogP contribution in [0.1, 0.15) is 44.6 Å². The van der Waals surface area contributed by atoms with Gasteiger partial charge in [-0.15, -0.1) is 0 Å². The largest absolute Gasteiger partial charge is 0.494 e. The molecule has 1 aliphatic carbocycles. The van der Waals surface area contributed by atoms with Gasteiger partial charge < -0.3 is 9.64 Å². The molecule has 3 nitrogen and oxygen atoms in total. The van der Waals surface area contributed by atoms with Crippen LogP contribution in [-0.2, 0) is 11.2 Å². The smallest absolute Gasteiger partial charge is 0.222 e. The van der Waals surface area contributed by atoms with Crippen LogP contribution in [0.2, 0.25) is 0 Å². The average Bonchev–Trinajstić information content (AvgIpc) is 2.52. The van der Waals surface area contributed by atoms with Crippen molar-refractivity contribution >= 4 is 5.91 Å². The van der Waals surface area contributed by atoms with Crippen LogP contribution in [0.3, 0.4) is 0 Å². The van der Waals surface area contributed by atoms with Crippen molar-refractivity contribution < 1.29 is 13.9 Å². The topological polar surface area (TPSA) is 29.5 Å². The van der Waals surface area contributed by atoms with Crippen LogP contribution in [-0.4, -0.2) is 31.0 Å². The number of nitrogens with zero attached hydrogens (tertiary/aromatic N) is 1. The minimum atomic E-state index is -0.373. The third kappa shape index (κ3) is 3.99. The first-order valence-electron chi connectivity index (χ1n) is 8.11. The maximum atomic E-state index is 13.7. The maximum absolute atomic E-state index is 13.7. The minimum Gasteiger partial charge on any atom is -0.494 e. The number of hydrogen-bond donors (Lipinski definition) is 0. The maximum Gasteiger partial charge on any atom is 0.222 e. The van der Waals surface area contributed by atoms with Gasteiger partial charge in [-0.3, -0.25) is 4.79 Å². The second kappa shape index (κ2) is 7.61. The summed E-state index contributed by atoms with van der Waals surface area (Å²) in [5, 5.41) is 0. The van der Waals surface area contributed by atoms with Gasteiger partial charge in [-0.2, -0.15) is 0 Å². The summed E-state index contributed by atoms with van der Waals surface area (Å²) in [6.45, 7) is 2.23. The molecular weight excluding hydrogens is 281 g/mol. The molecular formula is C18H26FNO2. The van der Waals surface area contributed by atoms with Crippen molar-refractivity contribution in [1.82, 2.24) is 4.90 Å². The lowest BCUT2D eigenvalue weighted by molar-refractivity contribution is -0.133. The van der Waals surface area contributed by atoms with E-state index in [0.29, 0.717) is 24.8 Å². The highest BCUT2D eigenvalue weighted by atomic mass is 19.1. The van der Waals surface area contributed by atoms with Gasteiger partial charge in [-0.05, 0) is 42.9 Å². The highest BCUT2D eigenvalue weighted by molar-refractivity contribution is 5.76. The van der Waals surface area contributed by atoms with Gasteiger partial charge in [0.1, 0.15) is 0 Å². The zero-order chi connectivity index (χ0) is 16.1. The van der Waals surface area contributed by atoms with E-state index in [1.165, 1.54) is 32.4 Å². The van der Waals surface area contributed by atoms with Gasteiger partial charge in [0.25, 0.3) is 0 Å². The molecule has 0 N–H and O–H groups in total. The van der Waals surface area contributed by atoms with Gasteiger partial charge in [0, 0.05) is 19.5 Å². The molecule has 0 aromatic heterocycles. The fourth-order valence-electron chi connectivity index (χ4n) is 3.35. The first-order valence-corrected chi connectivity index (χ1v) is 8.11. The summed E-state index contributed by atoms with van der Waals surface area (Å²) in [5.41, 5.74) is 0.830. The molecule has 1 aromatic carbocycles. The number of methoxy groups -OCH3 is 1. The van der Waals surface area contributed by atoms with E-state index in [4.69, 9.17) is 4.74 Å².